The lowest BCUT2D eigenvalue weighted by Gasteiger charge is -2.16. The molecule has 3 rings (SSSR count). The molecule has 1 aliphatic heterocycles. The average Bonchev–Trinajstić information content (AvgIpc) is 3.14. The van der Waals surface area contributed by atoms with Crippen LogP contribution in [0.15, 0.2) is 47.9 Å². The van der Waals surface area contributed by atoms with E-state index in [9.17, 15) is 9.59 Å². The van der Waals surface area contributed by atoms with Gasteiger partial charge in [0.2, 0.25) is 11.8 Å². The monoisotopic (exact) mass is 367 g/mol. The fraction of sp³-hybridized carbons (Fsp3) is 0.250. The number of nitrogens with one attached hydrogen (secondary N) is 1. The number of anilines is 2. The lowest BCUT2D eigenvalue weighted by Crippen LogP contribution is -2.33. The minimum atomic E-state index is -0.551. The molecular weight excluding hydrogens is 346 g/mol. The third kappa shape index (κ3) is 3.20. The molecule has 0 unspecified atom stereocenters. The first-order chi connectivity index (χ1) is 12.3. The lowest BCUT2D eigenvalue weighted by molar-refractivity contribution is -0.121. The van der Waals surface area contributed by atoms with Gasteiger partial charge in [-0.3, -0.25) is 14.9 Å². The molecule has 1 aromatic carbocycles. The molecule has 6 heteroatoms. The van der Waals surface area contributed by atoms with Gasteiger partial charge in [0.25, 0.3) is 0 Å². The van der Waals surface area contributed by atoms with Gasteiger partial charge >= 0.3 is 0 Å². The van der Waals surface area contributed by atoms with E-state index in [-0.39, 0.29) is 11.8 Å². The molecule has 26 heavy (non-hydrogen) atoms. The quantitative estimate of drug-likeness (QED) is 0.653. The fourth-order valence-corrected chi connectivity index (χ4v) is 3.72. The maximum Gasteiger partial charge on any atom is 0.250 e. The first kappa shape index (κ1) is 18.1. The lowest BCUT2D eigenvalue weighted by atomic mass is 9.85. The molecule has 1 aromatic heterocycles. The van der Waals surface area contributed by atoms with Crippen LogP contribution in [0.3, 0.4) is 0 Å². The van der Waals surface area contributed by atoms with Crippen molar-refractivity contribution in [2.24, 2.45) is 0 Å². The first-order valence-electron chi connectivity index (χ1n) is 8.33. The van der Waals surface area contributed by atoms with Gasteiger partial charge in [-0.1, -0.05) is 24.3 Å². The number of amides is 2. The van der Waals surface area contributed by atoms with Crippen molar-refractivity contribution < 1.29 is 9.59 Å². The molecule has 0 atom stereocenters. The second-order valence-corrected chi connectivity index (χ2v) is 7.49. The Bertz CT molecular complexity index is 925. The molecule has 0 bridgehead atoms. The van der Waals surface area contributed by atoms with Crippen molar-refractivity contribution in [1.29, 1.82) is 0 Å². The van der Waals surface area contributed by atoms with Crippen molar-refractivity contribution >= 4 is 34.0 Å². The Hall–Kier alpha value is -2.73. The van der Waals surface area contributed by atoms with Gasteiger partial charge in [-0.05, 0) is 38.5 Å². The summed E-state index contributed by atoms with van der Waals surface area (Å²) in [4.78, 5) is 30.4. The van der Waals surface area contributed by atoms with E-state index in [1.807, 2.05) is 50.4 Å². The number of nitrogens with zero attached hydrogens (tertiary/aromatic N) is 2. The van der Waals surface area contributed by atoms with E-state index < -0.39 is 5.41 Å². The minimum absolute atomic E-state index is 0.0868. The maximum absolute atomic E-state index is 12.4. The second kappa shape index (κ2) is 6.88. The number of rotatable bonds is 4. The van der Waals surface area contributed by atoms with Gasteiger partial charge < -0.3 is 4.90 Å². The highest BCUT2D eigenvalue weighted by atomic mass is 32.1. The Labute approximate surface area is 157 Å². The number of carbonyl (C=O) groups excluding carboxylic acids is 2. The van der Waals surface area contributed by atoms with Crippen LogP contribution >= 0.6 is 11.3 Å². The van der Waals surface area contributed by atoms with Crippen molar-refractivity contribution in [2.75, 3.05) is 17.3 Å². The number of aromatic nitrogens is 1. The van der Waals surface area contributed by atoms with Crippen molar-refractivity contribution in [3.05, 3.63) is 53.4 Å². The summed E-state index contributed by atoms with van der Waals surface area (Å²) in [5, 5.41) is 5.21. The van der Waals surface area contributed by atoms with Crippen LogP contribution in [0.5, 0.6) is 0 Å². The van der Waals surface area contributed by atoms with Crippen LogP contribution in [-0.2, 0) is 15.0 Å². The highest BCUT2D eigenvalue weighted by Gasteiger charge is 2.42. The van der Waals surface area contributed by atoms with Gasteiger partial charge in [0.05, 0.1) is 11.1 Å². The van der Waals surface area contributed by atoms with Crippen LogP contribution in [0, 0.1) is 0 Å². The number of fused-ring (bicyclic) bond motifs is 1. The minimum Gasteiger partial charge on any atom is -0.314 e. The molecule has 1 aliphatic rings. The molecule has 2 amide bonds. The summed E-state index contributed by atoms with van der Waals surface area (Å²) in [6.45, 7) is 5.76. The highest BCUT2D eigenvalue weighted by Crippen LogP contribution is 2.42. The zero-order valence-electron chi connectivity index (χ0n) is 15.2. The molecule has 0 fully saturated rings. The summed E-state index contributed by atoms with van der Waals surface area (Å²) < 4.78 is 0. The van der Waals surface area contributed by atoms with Gasteiger partial charge in [0.1, 0.15) is 0 Å². The molecule has 134 valence electrons. The van der Waals surface area contributed by atoms with E-state index in [2.05, 4.69) is 10.3 Å². The summed E-state index contributed by atoms with van der Waals surface area (Å²) in [5.41, 5.74) is 3.09. The molecular formula is C20H21N3O2S. The Morgan fingerprint density at radius 2 is 2.08 bits per heavy atom. The number of carbonyl (C=O) groups is 2. The number of hydrogen-bond donors (Lipinski definition) is 1. The summed E-state index contributed by atoms with van der Waals surface area (Å²) in [5.74, 6) is -0.130. The summed E-state index contributed by atoms with van der Waals surface area (Å²) >= 11 is 1.37. The third-order valence-corrected chi connectivity index (χ3v) is 5.21. The molecule has 0 saturated carbocycles. The molecule has 2 aromatic rings. The first-order valence-corrected chi connectivity index (χ1v) is 9.21. The summed E-state index contributed by atoms with van der Waals surface area (Å²) in [6.07, 6.45) is 6.78. The molecule has 0 aliphatic carbocycles. The molecule has 0 saturated heterocycles. The van der Waals surface area contributed by atoms with Crippen molar-refractivity contribution in [2.45, 2.75) is 26.2 Å². The maximum atomic E-state index is 12.4. The van der Waals surface area contributed by atoms with Crippen molar-refractivity contribution in [1.82, 2.24) is 4.98 Å². The number of allylic oxidation sites excluding steroid dienone is 3. The largest absolute Gasteiger partial charge is 0.314 e. The predicted octanol–water partition coefficient (Wildman–Crippen LogP) is 4.13. The predicted molar refractivity (Wildman–Crippen MR) is 107 cm³/mol. The molecule has 0 radical (unpaired) electrons. The third-order valence-electron chi connectivity index (χ3n) is 4.45. The Morgan fingerprint density at radius 3 is 2.81 bits per heavy atom. The average molecular weight is 367 g/mol. The molecule has 2 heterocycles. The van der Waals surface area contributed by atoms with Gasteiger partial charge in [-0.2, -0.15) is 0 Å². The van der Waals surface area contributed by atoms with Gasteiger partial charge in [0, 0.05) is 29.8 Å². The number of thiazole rings is 1. The van der Waals surface area contributed by atoms with E-state index in [0.717, 1.165) is 22.5 Å². The number of likely N-dealkylation sites (N-methyl/N-ethyl adjacent to an activating group) is 1. The van der Waals surface area contributed by atoms with Crippen LogP contribution in [0.25, 0.3) is 11.3 Å². The number of benzene rings is 1. The van der Waals surface area contributed by atoms with E-state index in [1.165, 1.54) is 17.4 Å². The van der Waals surface area contributed by atoms with Crippen LogP contribution in [0.2, 0.25) is 0 Å². The number of hydrogen-bond acceptors (Lipinski definition) is 4. The van der Waals surface area contributed by atoms with Gasteiger partial charge in [-0.25, -0.2) is 4.98 Å². The van der Waals surface area contributed by atoms with E-state index in [0.29, 0.717) is 5.13 Å². The Balaban J connectivity index is 1.84. The Kier molecular flexibility index (Phi) is 4.78. The Morgan fingerprint density at radius 1 is 1.31 bits per heavy atom. The van der Waals surface area contributed by atoms with Crippen molar-refractivity contribution in [3.8, 4) is 11.3 Å². The SMILES string of the molecule is C/C=C/C=C/C(=O)Nc1nc(-c2ccc3c(c2)C(C)(C)C(=O)N3C)cs1. The topological polar surface area (TPSA) is 62.3 Å². The van der Waals surface area contributed by atoms with Gasteiger partial charge in [-0.15, -0.1) is 11.3 Å². The van der Waals surface area contributed by atoms with Crippen LogP contribution < -0.4 is 10.2 Å². The molecule has 5 nitrogen and oxygen atoms in total. The zero-order chi connectivity index (χ0) is 18.9. The normalized spacial score (nSPS) is 15.8. The summed E-state index contributed by atoms with van der Waals surface area (Å²) in [6, 6.07) is 5.93. The van der Waals surface area contributed by atoms with Crippen molar-refractivity contribution in [3.63, 3.8) is 0 Å². The zero-order valence-corrected chi connectivity index (χ0v) is 16.1. The second-order valence-electron chi connectivity index (χ2n) is 6.63. The fourth-order valence-electron chi connectivity index (χ4n) is 3.00. The molecule has 1 N–H and O–H groups in total. The summed E-state index contributed by atoms with van der Waals surface area (Å²) in [7, 11) is 1.80. The van der Waals surface area contributed by atoms with E-state index in [4.69, 9.17) is 0 Å². The van der Waals surface area contributed by atoms with E-state index >= 15 is 0 Å². The van der Waals surface area contributed by atoms with Crippen LogP contribution in [0.1, 0.15) is 26.3 Å². The molecule has 0 spiro atoms. The van der Waals surface area contributed by atoms with E-state index in [1.54, 1.807) is 24.1 Å². The van der Waals surface area contributed by atoms with Gasteiger partial charge in [0.15, 0.2) is 5.13 Å². The van der Waals surface area contributed by atoms with Crippen LogP contribution in [-0.4, -0.2) is 23.8 Å². The van der Waals surface area contributed by atoms with Crippen LogP contribution in [0.4, 0.5) is 10.8 Å². The standard InChI is InChI=1S/C20H21N3O2S/c1-5-6-7-8-17(24)22-19-21-15(12-26-19)13-9-10-16-14(11-13)20(2,3)18(25)23(16)4/h5-12H,1-4H3,(H,21,22,24)/b6-5+,8-7+. The highest BCUT2D eigenvalue weighted by molar-refractivity contribution is 7.14. The smallest absolute Gasteiger partial charge is 0.250 e.